The quantitative estimate of drug-likeness (QED) is 0.782. The second kappa shape index (κ2) is 5.90. The summed E-state index contributed by atoms with van der Waals surface area (Å²) in [5.41, 5.74) is 1.43. The maximum Gasteiger partial charge on any atom is 0.339 e. The lowest BCUT2D eigenvalue weighted by Crippen LogP contribution is -2.44. The Labute approximate surface area is 155 Å². The van der Waals surface area contributed by atoms with Crippen molar-refractivity contribution in [2.24, 2.45) is 0 Å². The molecule has 3 heterocycles. The van der Waals surface area contributed by atoms with Gasteiger partial charge in [0.1, 0.15) is 11.4 Å². The monoisotopic (exact) mass is 369 g/mol. The number of ether oxygens (including phenoxy) is 1. The average Bonchev–Trinajstić information content (AvgIpc) is 2.95. The van der Waals surface area contributed by atoms with Crippen molar-refractivity contribution in [3.63, 3.8) is 0 Å². The predicted octanol–water partition coefficient (Wildman–Crippen LogP) is 2.45. The van der Waals surface area contributed by atoms with Crippen LogP contribution in [0, 0.1) is 5.82 Å². The molecule has 2 aliphatic heterocycles. The van der Waals surface area contributed by atoms with E-state index in [1.54, 1.807) is 6.07 Å². The zero-order valence-corrected chi connectivity index (χ0v) is 14.9. The largest absolute Gasteiger partial charge is 0.450 e. The van der Waals surface area contributed by atoms with Crippen LogP contribution in [0.2, 0.25) is 0 Å². The molecular weight excluding hydrogens is 349 g/mol. The molecule has 0 amide bonds. The highest BCUT2D eigenvalue weighted by molar-refractivity contribution is 5.94. The Hall–Kier alpha value is -2.70. The number of carbonyl (C=O) groups is 1. The van der Waals surface area contributed by atoms with Crippen molar-refractivity contribution in [1.82, 2.24) is 9.97 Å². The highest BCUT2D eigenvalue weighted by Gasteiger charge is 2.49. The van der Waals surface area contributed by atoms with Crippen molar-refractivity contribution >= 4 is 11.9 Å². The van der Waals surface area contributed by atoms with Crippen molar-refractivity contribution in [2.45, 2.75) is 44.1 Å². The van der Waals surface area contributed by atoms with Crippen LogP contribution >= 0.6 is 0 Å². The molecule has 7 heteroatoms. The van der Waals surface area contributed by atoms with E-state index in [0.717, 1.165) is 36.9 Å². The number of esters is 1. The Morgan fingerprint density at radius 2 is 1.93 bits per heavy atom. The maximum atomic E-state index is 14.4. The zero-order chi connectivity index (χ0) is 18.6. The van der Waals surface area contributed by atoms with E-state index < -0.39 is 17.4 Å². The number of hydrogen-bond acceptors (Lipinski definition) is 5. The lowest BCUT2D eigenvalue weighted by molar-refractivity contribution is -0.0225. The second-order valence-corrected chi connectivity index (χ2v) is 7.56. The van der Waals surface area contributed by atoms with Gasteiger partial charge in [-0.1, -0.05) is 6.07 Å². The van der Waals surface area contributed by atoms with E-state index >= 15 is 0 Å². The summed E-state index contributed by atoms with van der Waals surface area (Å²) in [6.45, 7) is 1.06. The smallest absolute Gasteiger partial charge is 0.339 e. The standard InChI is InChI=1S/C20H20FN3O3/c21-14-6-3-5-13-16(14)20(27-18(13)26)8-10-24(11-9-20)19-22-15-7-2-1-4-12(15)17(25)23-19/h3,5-6H,1-2,4,7-11H2,(H,22,23,25). The molecule has 5 rings (SSSR count). The van der Waals surface area contributed by atoms with Crippen LogP contribution in [0.4, 0.5) is 10.3 Å². The first-order valence-electron chi connectivity index (χ1n) is 9.47. The van der Waals surface area contributed by atoms with E-state index in [4.69, 9.17) is 4.74 Å². The fraction of sp³-hybridized carbons (Fsp3) is 0.450. The van der Waals surface area contributed by atoms with Gasteiger partial charge in [0, 0.05) is 37.1 Å². The minimum atomic E-state index is -0.914. The molecule has 140 valence electrons. The summed E-state index contributed by atoms with van der Waals surface area (Å²) in [6.07, 6.45) is 4.63. The topological polar surface area (TPSA) is 75.3 Å². The zero-order valence-electron chi connectivity index (χ0n) is 14.9. The number of H-pyrrole nitrogens is 1. The molecule has 1 aromatic heterocycles. The first kappa shape index (κ1) is 16.5. The van der Waals surface area contributed by atoms with Gasteiger partial charge in [-0.05, 0) is 37.8 Å². The summed E-state index contributed by atoms with van der Waals surface area (Å²) in [6, 6.07) is 4.52. The first-order chi connectivity index (χ1) is 13.1. The van der Waals surface area contributed by atoms with Gasteiger partial charge in [-0.15, -0.1) is 0 Å². The molecule has 3 aliphatic rings. The Balaban J connectivity index is 1.43. The molecule has 0 atom stereocenters. The minimum Gasteiger partial charge on any atom is -0.450 e. The van der Waals surface area contributed by atoms with Crippen LogP contribution in [0.15, 0.2) is 23.0 Å². The van der Waals surface area contributed by atoms with Gasteiger partial charge in [0.15, 0.2) is 0 Å². The maximum absolute atomic E-state index is 14.4. The van der Waals surface area contributed by atoms with Crippen LogP contribution in [0.3, 0.4) is 0 Å². The molecule has 6 nitrogen and oxygen atoms in total. The Kier molecular flexibility index (Phi) is 3.60. The van der Waals surface area contributed by atoms with Gasteiger partial charge in [0.05, 0.1) is 11.3 Å². The number of hydrogen-bond donors (Lipinski definition) is 1. The number of rotatable bonds is 1. The van der Waals surface area contributed by atoms with E-state index in [-0.39, 0.29) is 5.56 Å². The molecule has 0 radical (unpaired) electrons. The Morgan fingerprint density at radius 1 is 1.15 bits per heavy atom. The molecule has 1 aliphatic carbocycles. The van der Waals surface area contributed by atoms with Crippen LogP contribution in [-0.4, -0.2) is 29.0 Å². The molecule has 1 saturated heterocycles. The fourth-order valence-electron chi connectivity index (χ4n) is 4.61. The summed E-state index contributed by atoms with van der Waals surface area (Å²) in [7, 11) is 0. The van der Waals surface area contributed by atoms with Crippen molar-refractivity contribution in [3.8, 4) is 0 Å². The average molecular weight is 369 g/mol. The molecule has 1 spiro atoms. The summed E-state index contributed by atoms with van der Waals surface area (Å²) < 4.78 is 20.1. The van der Waals surface area contributed by atoms with E-state index in [1.165, 1.54) is 12.1 Å². The molecule has 0 saturated carbocycles. The molecule has 1 fully saturated rings. The van der Waals surface area contributed by atoms with Crippen LogP contribution in [0.1, 0.15) is 52.9 Å². The number of benzene rings is 1. The molecule has 1 N–H and O–H groups in total. The second-order valence-electron chi connectivity index (χ2n) is 7.56. The molecule has 0 bridgehead atoms. The highest BCUT2D eigenvalue weighted by atomic mass is 19.1. The number of nitrogens with one attached hydrogen (secondary N) is 1. The van der Waals surface area contributed by atoms with E-state index in [2.05, 4.69) is 9.97 Å². The van der Waals surface area contributed by atoms with Gasteiger partial charge in [-0.25, -0.2) is 14.2 Å². The van der Waals surface area contributed by atoms with Crippen molar-refractivity contribution in [1.29, 1.82) is 0 Å². The molecule has 1 aromatic carbocycles. The SMILES string of the molecule is O=C1OC2(CCN(c3nc4c(c(=O)[nH]3)CCCC4)CC2)c2c(F)cccc21. The lowest BCUT2D eigenvalue weighted by atomic mass is 9.83. The third-order valence-electron chi connectivity index (χ3n) is 6.03. The molecular formula is C20H20FN3O3. The number of aromatic amines is 1. The Morgan fingerprint density at radius 3 is 2.74 bits per heavy atom. The molecule has 2 aromatic rings. The summed E-state index contributed by atoms with van der Waals surface area (Å²) in [4.78, 5) is 34.1. The third-order valence-corrected chi connectivity index (χ3v) is 6.03. The molecule has 0 unspecified atom stereocenters. The van der Waals surface area contributed by atoms with E-state index in [9.17, 15) is 14.0 Å². The van der Waals surface area contributed by atoms with Crippen LogP contribution < -0.4 is 10.5 Å². The third kappa shape index (κ3) is 2.48. The van der Waals surface area contributed by atoms with Gasteiger partial charge in [-0.2, -0.15) is 0 Å². The van der Waals surface area contributed by atoms with Gasteiger partial charge in [-0.3, -0.25) is 9.78 Å². The van der Waals surface area contributed by atoms with Crippen LogP contribution in [0.5, 0.6) is 0 Å². The summed E-state index contributed by atoms with van der Waals surface area (Å²) >= 11 is 0. The van der Waals surface area contributed by atoms with E-state index in [0.29, 0.717) is 43.0 Å². The lowest BCUT2D eigenvalue weighted by Gasteiger charge is -2.39. The Bertz CT molecular complexity index is 992. The highest BCUT2D eigenvalue weighted by Crippen LogP contribution is 2.45. The normalized spacial score (nSPS) is 20.3. The van der Waals surface area contributed by atoms with Gasteiger partial charge in [0.25, 0.3) is 5.56 Å². The fourth-order valence-corrected chi connectivity index (χ4v) is 4.61. The predicted molar refractivity (Wildman–Crippen MR) is 96.4 cm³/mol. The first-order valence-corrected chi connectivity index (χ1v) is 9.47. The van der Waals surface area contributed by atoms with Crippen LogP contribution in [-0.2, 0) is 23.2 Å². The number of piperidine rings is 1. The number of carbonyl (C=O) groups excluding carboxylic acids is 1. The molecule has 27 heavy (non-hydrogen) atoms. The van der Waals surface area contributed by atoms with E-state index in [1.807, 2.05) is 4.90 Å². The number of fused-ring (bicyclic) bond motifs is 3. The number of aromatic nitrogens is 2. The van der Waals surface area contributed by atoms with Crippen molar-refractivity contribution in [3.05, 3.63) is 56.8 Å². The van der Waals surface area contributed by atoms with Gasteiger partial charge < -0.3 is 9.64 Å². The van der Waals surface area contributed by atoms with Crippen molar-refractivity contribution in [2.75, 3.05) is 18.0 Å². The number of halogens is 1. The summed E-state index contributed by atoms with van der Waals surface area (Å²) in [5, 5.41) is 0. The number of anilines is 1. The summed E-state index contributed by atoms with van der Waals surface area (Å²) in [5.74, 6) is -0.293. The van der Waals surface area contributed by atoms with Gasteiger partial charge >= 0.3 is 5.97 Å². The van der Waals surface area contributed by atoms with Crippen molar-refractivity contribution < 1.29 is 13.9 Å². The minimum absolute atomic E-state index is 0.0568. The number of aryl methyl sites for hydroxylation is 1. The van der Waals surface area contributed by atoms with Gasteiger partial charge in [0.2, 0.25) is 5.95 Å². The number of nitrogens with zero attached hydrogens (tertiary/aromatic N) is 2. The van der Waals surface area contributed by atoms with Crippen LogP contribution in [0.25, 0.3) is 0 Å².